The normalized spacial score (nSPS) is 11.8. The fraction of sp³-hybridized carbons (Fsp3) is 0.308. The minimum atomic E-state index is 0.422. The standard InChI is InChI=1S/C52H58N4/c1-35(2)45-14-10-15-46(36(3)4)49(45)55-32-30-53-51(55)43-26-22-39(23-27-43)18-20-41-12-9-13-42(34-41)21-19-40-24-28-44(29-25-40)52-54-31-33-56(52)50-47(37(5)6)16-11-17-48(50)38(7)8/h9-17,22-38H,18-21H2,1-8H3. The van der Waals surface area contributed by atoms with E-state index in [0.717, 1.165) is 48.5 Å². The summed E-state index contributed by atoms with van der Waals surface area (Å²) >= 11 is 0. The Morgan fingerprint density at radius 1 is 0.393 bits per heavy atom. The number of hydrogen-bond acceptors (Lipinski definition) is 2. The third-order valence-corrected chi connectivity index (χ3v) is 11.3. The number of aromatic nitrogens is 4. The Morgan fingerprint density at radius 3 is 1.05 bits per heavy atom. The molecule has 2 heterocycles. The molecule has 5 aromatic carbocycles. The van der Waals surface area contributed by atoms with Crippen LogP contribution in [-0.4, -0.2) is 19.1 Å². The van der Waals surface area contributed by atoms with Crippen molar-refractivity contribution < 1.29 is 0 Å². The van der Waals surface area contributed by atoms with Crippen LogP contribution in [0.1, 0.15) is 124 Å². The quantitative estimate of drug-likeness (QED) is 0.111. The fourth-order valence-corrected chi connectivity index (χ4v) is 8.13. The van der Waals surface area contributed by atoms with E-state index < -0.39 is 0 Å². The monoisotopic (exact) mass is 738 g/mol. The maximum Gasteiger partial charge on any atom is 0.144 e. The zero-order valence-corrected chi connectivity index (χ0v) is 34.6. The Labute approximate surface area is 335 Å². The summed E-state index contributed by atoms with van der Waals surface area (Å²) in [7, 11) is 0. The van der Waals surface area contributed by atoms with E-state index in [1.165, 1.54) is 55.9 Å². The van der Waals surface area contributed by atoms with Crippen LogP contribution in [0.15, 0.2) is 134 Å². The summed E-state index contributed by atoms with van der Waals surface area (Å²) in [5.74, 6) is 3.67. The van der Waals surface area contributed by atoms with Crippen LogP contribution in [0.4, 0.5) is 0 Å². The predicted octanol–water partition coefficient (Wildman–Crippen LogP) is 13.5. The van der Waals surface area contributed by atoms with Crippen molar-refractivity contribution >= 4 is 0 Å². The van der Waals surface area contributed by atoms with Crippen LogP contribution < -0.4 is 0 Å². The van der Waals surface area contributed by atoms with E-state index in [1.807, 2.05) is 12.4 Å². The number of nitrogens with zero attached hydrogens (tertiary/aromatic N) is 4. The lowest BCUT2D eigenvalue weighted by Gasteiger charge is -2.21. The van der Waals surface area contributed by atoms with Crippen LogP contribution in [0.2, 0.25) is 0 Å². The lowest BCUT2D eigenvalue weighted by molar-refractivity contribution is 0.806. The molecule has 0 aliphatic carbocycles. The second kappa shape index (κ2) is 17.1. The molecule has 0 spiro atoms. The molecular weight excluding hydrogens is 681 g/mol. The summed E-state index contributed by atoms with van der Waals surface area (Å²) in [5.41, 5.74) is 15.7. The van der Waals surface area contributed by atoms with E-state index in [0.29, 0.717) is 23.7 Å². The van der Waals surface area contributed by atoms with Crippen LogP contribution in [-0.2, 0) is 25.7 Å². The van der Waals surface area contributed by atoms with Gasteiger partial charge in [0, 0.05) is 35.9 Å². The van der Waals surface area contributed by atoms with Gasteiger partial charge in [-0.2, -0.15) is 0 Å². The third kappa shape index (κ3) is 8.35. The number of rotatable bonds is 14. The van der Waals surface area contributed by atoms with E-state index in [-0.39, 0.29) is 0 Å². The summed E-state index contributed by atoms with van der Waals surface area (Å²) in [4.78, 5) is 9.68. The van der Waals surface area contributed by atoms with Crippen molar-refractivity contribution in [2.75, 3.05) is 0 Å². The highest BCUT2D eigenvalue weighted by atomic mass is 15.1. The van der Waals surface area contributed by atoms with E-state index >= 15 is 0 Å². The first-order valence-corrected chi connectivity index (χ1v) is 20.7. The average Bonchev–Trinajstić information content (AvgIpc) is 3.90. The predicted molar refractivity (Wildman–Crippen MR) is 236 cm³/mol. The van der Waals surface area contributed by atoms with Gasteiger partial charge in [-0.15, -0.1) is 0 Å². The summed E-state index contributed by atoms with van der Waals surface area (Å²) in [6, 6.07) is 40.7. The van der Waals surface area contributed by atoms with E-state index in [9.17, 15) is 0 Å². The molecule has 0 aliphatic heterocycles. The maximum absolute atomic E-state index is 4.84. The number of aryl methyl sites for hydroxylation is 4. The van der Waals surface area contributed by atoms with E-state index in [4.69, 9.17) is 9.97 Å². The van der Waals surface area contributed by atoms with Crippen molar-refractivity contribution in [2.24, 2.45) is 0 Å². The number of hydrogen-bond donors (Lipinski definition) is 0. The van der Waals surface area contributed by atoms with Crippen molar-refractivity contribution in [3.63, 3.8) is 0 Å². The highest BCUT2D eigenvalue weighted by molar-refractivity contribution is 5.64. The van der Waals surface area contributed by atoms with Crippen molar-refractivity contribution in [2.45, 2.75) is 105 Å². The Bertz CT molecular complexity index is 2150. The minimum Gasteiger partial charge on any atom is -0.299 e. The topological polar surface area (TPSA) is 35.6 Å². The smallest absolute Gasteiger partial charge is 0.144 e. The Kier molecular flexibility index (Phi) is 11.9. The molecule has 0 saturated heterocycles. The summed E-state index contributed by atoms with van der Waals surface area (Å²) < 4.78 is 4.59. The van der Waals surface area contributed by atoms with Crippen molar-refractivity contribution in [3.8, 4) is 34.2 Å². The van der Waals surface area contributed by atoms with Gasteiger partial charge < -0.3 is 0 Å². The zero-order chi connectivity index (χ0) is 39.3. The number of benzene rings is 5. The van der Waals surface area contributed by atoms with Gasteiger partial charge in [0.05, 0.1) is 11.4 Å². The van der Waals surface area contributed by atoms with Crippen molar-refractivity contribution in [1.82, 2.24) is 19.1 Å². The lowest BCUT2D eigenvalue weighted by atomic mass is 9.92. The van der Waals surface area contributed by atoms with Crippen molar-refractivity contribution in [1.29, 1.82) is 0 Å². The van der Waals surface area contributed by atoms with Gasteiger partial charge in [-0.1, -0.05) is 165 Å². The fourth-order valence-electron chi connectivity index (χ4n) is 8.13. The molecule has 4 nitrogen and oxygen atoms in total. The highest BCUT2D eigenvalue weighted by Crippen LogP contribution is 2.35. The molecule has 56 heavy (non-hydrogen) atoms. The average molecular weight is 739 g/mol. The van der Waals surface area contributed by atoms with Crippen LogP contribution in [0.25, 0.3) is 34.2 Å². The first-order valence-electron chi connectivity index (χ1n) is 20.7. The molecule has 0 N–H and O–H groups in total. The van der Waals surface area contributed by atoms with Crippen LogP contribution in [0.5, 0.6) is 0 Å². The number of imidazole rings is 2. The molecule has 7 rings (SSSR count). The van der Waals surface area contributed by atoms with Crippen LogP contribution >= 0.6 is 0 Å². The number of para-hydroxylation sites is 2. The molecule has 286 valence electrons. The summed E-state index contributed by atoms with van der Waals surface area (Å²) in [6.45, 7) is 18.2. The first-order chi connectivity index (χ1) is 27.1. The minimum absolute atomic E-state index is 0.422. The molecule has 0 atom stereocenters. The van der Waals surface area contributed by atoms with Gasteiger partial charge in [-0.3, -0.25) is 9.13 Å². The molecule has 0 saturated carbocycles. The second-order valence-electron chi connectivity index (χ2n) is 16.6. The third-order valence-electron chi connectivity index (χ3n) is 11.3. The molecular formula is C52H58N4. The van der Waals surface area contributed by atoms with Gasteiger partial charge >= 0.3 is 0 Å². The lowest BCUT2D eigenvalue weighted by Crippen LogP contribution is -2.07. The molecule has 0 radical (unpaired) electrons. The van der Waals surface area contributed by atoms with Crippen LogP contribution in [0.3, 0.4) is 0 Å². The van der Waals surface area contributed by atoms with Gasteiger partial charge in [-0.05, 0) is 93.9 Å². The van der Waals surface area contributed by atoms with Gasteiger partial charge in [0.15, 0.2) is 0 Å². The van der Waals surface area contributed by atoms with Crippen molar-refractivity contribution in [3.05, 3.63) is 178 Å². The van der Waals surface area contributed by atoms with Gasteiger partial charge in [0.25, 0.3) is 0 Å². The highest BCUT2D eigenvalue weighted by Gasteiger charge is 2.20. The van der Waals surface area contributed by atoms with Gasteiger partial charge in [0.2, 0.25) is 0 Å². The van der Waals surface area contributed by atoms with Gasteiger partial charge in [-0.25, -0.2) is 9.97 Å². The SMILES string of the molecule is CC(C)c1cccc(C(C)C)c1-n1ccnc1-c1ccc(CCc2cccc(CCc3ccc(-c4nccn4-c4c(C(C)C)cccc4C(C)C)cc3)c2)cc1. The molecule has 0 fully saturated rings. The molecule has 0 bridgehead atoms. The molecule has 0 amide bonds. The van der Waals surface area contributed by atoms with Gasteiger partial charge in [0.1, 0.15) is 11.6 Å². The molecule has 0 unspecified atom stereocenters. The Morgan fingerprint density at radius 2 is 0.714 bits per heavy atom. The molecule has 4 heteroatoms. The largest absolute Gasteiger partial charge is 0.299 e. The van der Waals surface area contributed by atoms with Crippen LogP contribution in [0, 0.1) is 0 Å². The van der Waals surface area contributed by atoms with E-state index in [2.05, 4.69) is 186 Å². The molecule has 2 aromatic heterocycles. The van der Waals surface area contributed by atoms with E-state index in [1.54, 1.807) is 0 Å². The zero-order valence-electron chi connectivity index (χ0n) is 34.6. The first kappa shape index (κ1) is 38.8. The maximum atomic E-state index is 4.84. The summed E-state index contributed by atoms with van der Waals surface area (Å²) in [5, 5.41) is 0. The molecule has 0 aliphatic rings. The Balaban J connectivity index is 0.995. The summed E-state index contributed by atoms with van der Waals surface area (Å²) in [6.07, 6.45) is 12.1. The Hall–Kier alpha value is -5.48. The molecule has 7 aromatic rings. The second-order valence-corrected chi connectivity index (χ2v) is 16.6.